The predicted molar refractivity (Wildman–Crippen MR) is 36.3 cm³/mol. The fourth-order valence-electron chi connectivity index (χ4n) is 0. The Morgan fingerprint density at radius 1 is 0.500 bits per heavy atom. The highest BCUT2D eigenvalue weighted by atomic mass is 19.0. The lowest BCUT2D eigenvalue weighted by molar-refractivity contribution is 0.135. The van der Waals surface area contributed by atoms with Crippen molar-refractivity contribution in [1.82, 2.24) is 0 Å². The maximum Gasteiger partial charge on any atom is 0.503 e. The van der Waals surface area contributed by atoms with E-state index in [1.165, 1.54) is 0 Å². The van der Waals surface area contributed by atoms with Crippen LogP contribution in [0.3, 0.4) is 0 Å². The van der Waals surface area contributed by atoms with Crippen LogP contribution >= 0.6 is 0 Å². The van der Waals surface area contributed by atoms with Gasteiger partial charge in [0, 0.05) is 0 Å². The molecule has 14 heavy (non-hydrogen) atoms. The summed E-state index contributed by atoms with van der Waals surface area (Å²) in [6.45, 7) is 0. The third-order valence-corrected chi connectivity index (χ3v) is 0. The molecule has 0 aromatic heterocycles. The maximum atomic E-state index is 8.56. The molecule has 0 aliphatic rings. The molecule has 0 aromatic rings. The van der Waals surface area contributed by atoms with Gasteiger partial charge in [0.15, 0.2) is 0 Å². The summed E-state index contributed by atoms with van der Waals surface area (Å²) in [5, 5.41) is 27.9. The molecule has 0 atom stereocenters. The SMILES string of the molecule is F.F.F.F.F.F.O=C(O)O.O=C(O)O. The van der Waals surface area contributed by atoms with E-state index in [1.807, 2.05) is 0 Å². The largest absolute Gasteiger partial charge is 0.503 e. The van der Waals surface area contributed by atoms with E-state index in [2.05, 4.69) is 0 Å². The molecule has 96 valence electrons. The summed E-state index contributed by atoms with van der Waals surface area (Å²) in [6, 6.07) is 0. The van der Waals surface area contributed by atoms with E-state index in [-0.39, 0.29) is 28.2 Å². The normalized spacial score (nSPS) is 3.43. The molecule has 0 aliphatic carbocycles. The molecule has 0 aliphatic heterocycles. The molecule has 0 bridgehead atoms. The second-order valence-corrected chi connectivity index (χ2v) is 0.565. The van der Waals surface area contributed by atoms with E-state index in [1.54, 1.807) is 0 Å². The van der Waals surface area contributed by atoms with Crippen molar-refractivity contribution >= 4 is 12.3 Å². The van der Waals surface area contributed by atoms with E-state index in [4.69, 9.17) is 30.0 Å². The Balaban J connectivity index is -0.00000000600. The minimum Gasteiger partial charge on any atom is -0.450 e. The zero-order valence-corrected chi connectivity index (χ0v) is 6.05. The zero-order chi connectivity index (χ0) is 7.15. The lowest BCUT2D eigenvalue weighted by atomic mass is 11.5. The summed E-state index contributed by atoms with van der Waals surface area (Å²) < 4.78 is 0. The van der Waals surface area contributed by atoms with Gasteiger partial charge in [-0.25, -0.2) is 9.59 Å². The van der Waals surface area contributed by atoms with Gasteiger partial charge in [-0.1, -0.05) is 0 Å². The minimum atomic E-state index is -1.83. The van der Waals surface area contributed by atoms with Gasteiger partial charge in [0.05, 0.1) is 0 Å². The third-order valence-electron chi connectivity index (χ3n) is 0. The van der Waals surface area contributed by atoms with E-state index < -0.39 is 12.3 Å². The van der Waals surface area contributed by atoms with Crippen LogP contribution in [0, 0.1) is 0 Å². The highest BCUT2D eigenvalue weighted by Crippen LogP contribution is 1.43. The van der Waals surface area contributed by atoms with Gasteiger partial charge >= 0.3 is 12.3 Å². The Morgan fingerprint density at radius 3 is 0.500 bits per heavy atom. The van der Waals surface area contributed by atoms with Crippen molar-refractivity contribution in [3.05, 3.63) is 0 Å². The molecule has 6 nitrogen and oxygen atoms in total. The molecule has 0 rings (SSSR count). The average molecular weight is 244 g/mol. The van der Waals surface area contributed by atoms with Gasteiger partial charge < -0.3 is 20.4 Å². The first-order valence-electron chi connectivity index (χ1n) is 1.30. The minimum absolute atomic E-state index is 0. The molecule has 0 heterocycles. The Kier molecular flexibility index (Phi) is 423. The van der Waals surface area contributed by atoms with Crippen LogP contribution < -0.4 is 0 Å². The Morgan fingerprint density at radius 2 is 0.500 bits per heavy atom. The van der Waals surface area contributed by atoms with Crippen molar-refractivity contribution in [2.24, 2.45) is 0 Å². The highest BCUT2D eigenvalue weighted by Gasteiger charge is 1.70. The Hall–Kier alpha value is -1.88. The molecule has 0 aromatic carbocycles. The summed E-state index contributed by atoms with van der Waals surface area (Å²) in [5.74, 6) is 0. The van der Waals surface area contributed by atoms with E-state index in [0.717, 1.165) is 0 Å². The van der Waals surface area contributed by atoms with Crippen LogP contribution in [-0.2, 0) is 0 Å². The summed E-state index contributed by atoms with van der Waals surface area (Å²) >= 11 is 0. The monoisotopic (exact) mass is 244 g/mol. The van der Waals surface area contributed by atoms with Gasteiger partial charge in [-0.05, 0) is 0 Å². The lowest BCUT2D eigenvalue weighted by Gasteiger charge is -1.60. The molecule has 0 saturated heterocycles. The van der Waals surface area contributed by atoms with E-state index in [0.29, 0.717) is 0 Å². The van der Waals surface area contributed by atoms with E-state index >= 15 is 0 Å². The summed E-state index contributed by atoms with van der Waals surface area (Å²) in [5.41, 5.74) is 0. The number of hydrogen-bond acceptors (Lipinski definition) is 2. The fourth-order valence-corrected chi connectivity index (χ4v) is 0. The van der Waals surface area contributed by atoms with Crippen LogP contribution in [-0.4, -0.2) is 32.7 Å². The van der Waals surface area contributed by atoms with Gasteiger partial charge in [-0.3, -0.25) is 28.2 Å². The van der Waals surface area contributed by atoms with Crippen LogP contribution in [0.15, 0.2) is 0 Å². The quantitative estimate of drug-likeness (QED) is 0.478. The molecule has 4 N–H and O–H groups in total. The lowest BCUT2D eigenvalue weighted by Crippen LogP contribution is -1.81. The number of hydrogen-bond donors (Lipinski definition) is 4. The summed E-state index contributed by atoms with van der Waals surface area (Å²) in [7, 11) is 0. The summed E-state index contributed by atoms with van der Waals surface area (Å²) in [6.07, 6.45) is -3.67. The molecule has 0 spiro atoms. The average Bonchev–Trinajstić information content (AvgIpc) is 1.25. The van der Waals surface area contributed by atoms with Gasteiger partial charge in [-0.2, -0.15) is 0 Å². The molecule has 0 amide bonds. The van der Waals surface area contributed by atoms with Crippen molar-refractivity contribution in [1.29, 1.82) is 0 Å². The first-order valence-corrected chi connectivity index (χ1v) is 1.30. The molecule has 0 radical (unpaired) electrons. The molecule has 0 unspecified atom stereocenters. The van der Waals surface area contributed by atoms with Crippen molar-refractivity contribution in [3.63, 3.8) is 0 Å². The standard InChI is InChI=1S/2CH2O3.6FH/c2*2-1(3)4;;;;;;/h2*(H2,2,3,4);6*1H. The highest BCUT2D eigenvalue weighted by molar-refractivity contribution is 5.53. The van der Waals surface area contributed by atoms with Gasteiger partial charge in [0.1, 0.15) is 0 Å². The van der Waals surface area contributed by atoms with Crippen molar-refractivity contribution in [2.75, 3.05) is 0 Å². The first-order chi connectivity index (χ1) is 3.46. The third kappa shape index (κ3) is 238. The van der Waals surface area contributed by atoms with Crippen molar-refractivity contribution in [2.45, 2.75) is 0 Å². The molecular weight excluding hydrogens is 234 g/mol. The number of halogens is 6. The zero-order valence-electron chi connectivity index (χ0n) is 6.05. The smallest absolute Gasteiger partial charge is 0.450 e. The first kappa shape index (κ1) is 88.3. The number of rotatable bonds is 0. The summed E-state index contributed by atoms with van der Waals surface area (Å²) in [4.78, 5) is 17.1. The topological polar surface area (TPSA) is 115 Å². The van der Waals surface area contributed by atoms with Crippen LogP contribution in [0.4, 0.5) is 37.8 Å². The predicted octanol–water partition coefficient (Wildman–Crippen LogP) is 1.36. The van der Waals surface area contributed by atoms with Gasteiger partial charge in [0.25, 0.3) is 0 Å². The van der Waals surface area contributed by atoms with Crippen LogP contribution in [0.5, 0.6) is 0 Å². The van der Waals surface area contributed by atoms with Crippen molar-refractivity contribution in [3.8, 4) is 0 Å². The molecular formula is C2H10F6O6. The molecule has 0 fully saturated rings. The Bertz CT molecular complexity index is 78.3. The second kappa shape index (κ2) is 67.1. The van der Waals surface area contributed by atoms with Gasteiger partial charge in [0.2, 0.25) is 0 Å². The number of carbonyl (C=O) groups is 2. The Labute approximate surface area is 72.0 Å². The maximum absolute atomic E-state index is 8.56. The molecule has 12 heteroatoms. The van der Waals surface area contributed by atoms with E-state index in [9.17, 15) is 0 Å². The van der Waals surface area contributed by atoms with Crippen LogP contribution in [0.1, 0.15) is 0 Å². The second-order valence-electron chi connectivity index (χ2n) is 0.565. The molecule has 0 saturated carbocycles. The van der Waals surface area contributed by atoms with Crippen LogP contribution in [0.2, 0.25) is 0 Å². The number of carboxylic acid groups (broad SMARTS) is 4. The van der Waals surface area contributed by atoms with Crippen molar-refractivity contribution < 1.29 is 58.2 Å². The van der Waals surface area contributed by atoms with Crippen LogP contribution in [0.25, 0.3) is 0 Å². The fraction of sp³-hybridized carbons (Fsp3) is 0. The van der Waals surface area contributed by atoms with Gasteiger partial charge in [-0.15, -0.1) is 0 Å².